The SMILES string of the molecule is CC(C)(C)C(=O)N[C@@]1(C(F)(F)F)N=C2SCCN2C1=O. The molecule has 112 valence electrons. The molecule has 0 saturated carbocycles. The number of thioether (sulfide) groups is 1. The molecule has 0 bridgehead atoms. The minimum Gasteiger partial charge on any atom is -0.316 e. The van der Waals surface area contributed by atoms with Gasteiger partial charge in [-0.2, -0.15) is 13.2 Å². The molecule has 5 nitrogen and oxygen atoms in total. The van der Waals surface area contributed by atoms with E-state index in [1.54, 1.807) is 5.32 Å². The van der Waals surface area contributed by atoms with E-state index in [2.05, 4.69) is 4.99 Å². The highest BCUT2D eigenvalue weighted by molar-refractivity contribution is 8.14. The van der Waals surface area contributed by atoms with E-state index in [4.69, 9.17) is 0 Å². The zero-order chi connectivity index (χ0) is 15.3. The second-order valence-electron chi connectivity index (χ2n) is 5.61. The average molecular weight is 309 g/mol. The third kappa shape index (κ3) is 2.17. The Kier molecular flexibility index (Phi) is 3.31. The van der Waals surface area contributed by atoms with Crippen molar-refractivity contribution in [3.63, 3.8) is 0 Å². The topological polar surface area (TPSA) is 61.8 Å². The molecular weight excluding hydrogens is 295 g/mol. The number of fused-ring (bicyclic) bond motifs is 1. The van der Waals surface area contributed by atoms with E-state index in [-0.39, 0.29) is 11.7 Å². The van der Waals surface area contributed by atoms with Crippen LogP contribution in [0.15, 0.2) is 4.99 Å². The fourth-order valence-electron chi connectivity index (χ4n) is 1.76. The lowest BCUT2D eigenvalue weighted by molar-refractivity contribution is -0.201. The van der Waals surface area contributed by atoms with Crippen molar-refractivity contribution in [2.75, 3.05) is 12.3 Å². The molecule has 1 atom stereocenters. The number of alkyl halides is 3. The summed E-state index contributed by atoms with van der Waals surface area (Å²) in [4.78, 5) is 28.4. The third-order valence-corrected chi connectivity index (χ3v) is 3.94. The number of nitrogens with zero attached hydrogens (tertiary/aromatic N) is 2. The summed E-state index contributed by atoms with van der Waals surface area (Å²) in [7, 11) is 0. The minimum atomic E-state index is -4.98. The highest BCUT2D eigenvalue weighted by Crippen LogP contribution is 2.41. The van der Waals surface area contributed by atoms with E-state index in [1.165, 1.54) is 20.8 Å². The Morgan fingerprint density at radius 3 is 2.45 bits per heavy atom. The molecule has 2 amide bonds. The fraction of sp³-hybridized carbons (Fsp3) is 0.727. The van der Waals surface area contributed by atoms with Gasteiger partial charge < -0.3 is 5.32 Å². The monoisotopic (exact) mass is 309 g/mol. The van der Waals surface area contributed by atoms with Gasteiger partial charge in [-0.25, -0.2) is 4.99 Å². The Labute approximate surface area is 118 Å². The van der Waals surface area contributed by atoms with Gasteiger partial charge in [0.1, 0.15) is 0 Å². The molecule has 0 aromatic heterocycles. The van der Waals surface area contributed by atoms with Gasteiger partial charge in [0.2, 0.25) is 5.91 Å². The molecule has 0 spiro atoms. The van der Waals surface area contributed by atoms with E-state index in [1.807, 2.05) is 0 Å². The van der Waals surface area contributed by atoms with Crippen LogP contribution in [0, 0.1) is 5.41 Å². The Hall–Kier alpha value is -1.25. The minimum absolute atomic E-state index is 0.0153. The van der Waals surface area contributed by atoms with Crippen LogP contribution in [0.2, 0.25) is 0 Å². The number of carbonyl (C=O) groups excluding carboxylic acids is 2. The highest BCUT2D eigenvalue weighted by Gasteiger charge is 2.68. The van der Waals surface area contributed by atoms with Crippen LogP contribution in [0.4, 0.5) is 13.2 Å². The van der Waals surface area contributed by atoms with Crippen LogP contribution in [-0.4, -0.2) is 46.0 Å². The second-order valence-corrected chi connectivity index (χ2v) is 6.67. The smallest absolute Gasteiger partial charge is 0.316 e. The molecule has 2 rings (SSSR count). The van der Waals surface area contributed by atoms with Crippen LogP contribution in [0.1, 0.15) is 20.8 Å². The van der Waals surface area contributed by atoms with Crippen LogP contribution in [-0.2, 0) is 9.59 Å². The lowest BCUT2D eigenvalue weighted by Gasteiger charge is -2.31. The zero-order valence-electron chi connectivity index (χ0n) is 11.2. The summed E-state index contributed by atoms with van der Waals surface area (Å²) in [6.07, 6.45) is -4.98. The number of carbonyl (C=O) groups is 2. The van der Waals surface area contributed by atoms with Crippen molar-refractivity contribution in [2.24, 2.45) is 10.4 Å². The molecule has 1 N–H and O–H groups in total. The van der Waals surface area contributed by atoms with Crippen molar-refractivity contribution in [1.29, 1.82) is 0 Å². The van der Waals surface area contributed by atoms with E-state index in [0.717, 1.165) is 16.7 Å². The molecule has 9 heteroatoms. The van der Waals surface area contributed by atoms with E-state index < -0.39 is 29.1 Å². The number of amides is 2. The Bertz CT molecular complexity index is 498. The summed E-state index contributed by atoms with van der Waals surface area (Å²) < 4.78 is 40.0. The van der Waals surface area contributed by atoms with Crippen molar-refractivity contribution >= 4 is 28.7 Å². The molecule has 2 heterocycles. The molecule has 0 unspecified atom stereocenters. The molecule has 2 aliphatic rings. The molecule has 1 saturated heterocycles. The van der Waals surface area contributed by atoms with Crippen LogP contribution in [0.5, 0.6) is 0 Å². The van der Waals surface area contributed by atoms with Gasteiger partial charge in [-0.3, -0.25) is 14.5 Å². The molecule has 20 heavy (non-hydrogen) atoms. The lowest BCUT2D eigenvalue weighted by atomic mass is 9.94. The number of hydrogen-bond donors (Lipinski definition) is 1. The number of amidine groups is 1. The number of hydrogen-bond acceptors (Lipinski definition) is 4. The molecule has 1 fully saturated rings. The van der Waals surface area contributed by atoms with Crippen molar-refractivity contribution in [3.05, 3.63) is 0 Å². The predicted molar refractivity (Wildman–Crippen MR) is 68.0 cm³/mol. The third-order valence-electron chi connectivity index (χ3n) is 2.98. The normalized spacial score (nSPS) is 26.6. The van der Waals surface area contributed by atoms with Crippen molar-refractivity contribution in [3.8, 4) is 0 Å². The maximum atomic E-state index is 13.3. The van der Waals surface area contributed by atoms with Crippen LogP contribution >= 0.6 is 11.8 Å². The zero-order valence-corrected chi connectivity index (χ0v) is 12.0. The highest BCUT2D eigenvalue weighted by atomic mass is 32.2. The summed E-state index contributed by atoms with van der Waals surface area (Å²) in [6, 6.07) is 0. The van der Waals surface area contributed by atoms with E-state index in [9.17, 15) is 22.8 Å². The summed E-state index contributed by atoms with van der Waals surface area (Å²) >= 11 is 1.07. The van der Waals surface area contributed by atoms with E-state index >= 15 is 0 Å². The Morgan fingerprint density at radius 1 is 1.40 bits per heavy atom. The predicted octanol–water partition coefficient (Wildman–Crippen LogP) is 1.35. The lowest BCUT2D eigenvalue weighted by Crippen LogP contribution is -2.64. The summed E-state index contributed by atoms with van der Waals surface area (Å²) in [5.74, 6) is -1.60. The largest absolute Gasteiger partial charge is 0.442 e. The number of nitrogens with one attached hydrogen (secondary N) is 1. The molecular formula is C11H14F3N3O2S. The van der Waals surface area contributed by atoms with Crippen LogP contribution in [0.25, 0.3) is 0 Å². The number of halogens is 3. The van der Waals surface area contributed by atoms with Crippen molar-refractivity contribution in [1.82, 2.24) is 10.2 Å². The number of aliphatic imine (C=N–C) groups is 1. The maximum Gasteiger partial charge on any atom is 0.442 e. The molecule has 0 radical (unpaired) electrons. The first-order chi connectivity index (χ1) is 8.99. The Morgan fingerprint density at radius 2 is 2.00 bits per heavy atom. The molecule has 2 aliphatic heterocycles. The van der Waals surface area contributed by atoms with Crippen molar-refractivity contribution in [2.45, 2.75) is 32.6 Å². The van der Waals surface area contributed by atoms with Crippen molar-refractivity contribution < 1.29 is 22.8 Å². The first-order valence-corrected chi connectivity index (χ1v) is 6.91. The van der Waals surface area contributed by atoms with Crippen LogP contribution < -0.4 is 5.32 Å². The molecule has 0 aliphatic carbocycles. The van der Waals surface area contributed by atoms with Gasteiger partial charge in [0.05, 0.1) is 0 Å². The average Bonchev–Trinajstić information content (AvgIpc) is 2.80. The summed E-state index contributed by atoms with van der Waals surface area (Å²) in [5.41, 5.74) is -4.24. The molecule has 0 aromatic rings. The van der Waals surface area contributed by atoms with Crippen LogP contribution in [0.3, 0.4) is 0 Å². The first kappa shape index (κ1) is 15.1. The quantitative estimate of drug-likeness (QED) is 0.795. The summed E-state index contributed by atoms with van der Waals surface area (Å²) in [6.45, 7) is 4.57. The molecule has 0 aromatic carbocycles. The van der Waals surface area contributed by atoms with Gasteiger partial charge in [-0.05, 0) is 0 Å². The van der Waals surface area contributed by atoms with E-state index in [0.29, 0.717) is 5.75 Å². The fourth-order valence-corrected chi connectivity index (χ4v) is 2.75. The Balaban J connectivity index is 2.42. The first-order valence-electron chi connectivity index (χ1n) is 5.93. The van der Waals surface area contributed by atoms with Gasteiger partial charge >= 0.3 is 11.8 Å². The summed E-state index contributed by atoms with van der Waals surface area (Å²) in [5, 5.41) is 1.81. The van der Waals surface area contributed by atoms with Gasteiger partial charge in [-0.1, -0.05) is 32.5 Å². The van der Waals surface area contributed by atoms with Gasteiger partial charge in [-0.15, -0.1) is 0 Å². The second kappa shape index (κ2) is 4.37. The number of rotatable bonds is 1. The van der Waals surface area contributed by atoms with Gasteiger partial charge in [0.25, 0.3) is 5.91 Å². The standard InChI is InChI=1S/C11H14F3N3O2S/c1-9(2,3)6(18)15-10(11(12,13)14)7(19)17-4-5-20-8(17)16-10/h4-5H2,1-3H3,(H,15,18)/t10-/m1/s1. The van der Waals surface area contributed by atoms with Gasteiger partial charge in [0.15, 0.2) is 5.17 Å². The maximum absolute atomic E-state index is 13.3. The van der Waals surface area contributed by atoms with Gasteiger partial charge in [0, 0.05) is 17.7 Å².